The van der Waals surface area contributed by atoms with Gasteiger partial charge in [-0.05, 0) is 49.8 Å². The lowest BCUT2D eigenvalue weighted by atomic mass is 10.1. The van der Waals surface area contributed by atoms with Crippen LogP contribution in [0.25, 0.3) is 6.08 Å². The molecule has 30 heavy (non-hydrogen) atoms. The van der Waals surface area contributed by atoms with E-state index in [1.807, 2.05) is 18.2 Å². The molecule has 1 aliphatic rings. The molecule has 3 rings (SSSR count). The summed E-state index contributed by atoms with van der Waals surface area (Å²) < 4.78 is 10.5. The first-order valence-electron chi connectivity index (χ1n) is 9.24. The van der Waals surface area contributed by atoms with Crippen LogP contribution in [0.3, 0.4) is 0 Å². The zero-order valence-electron chi connectivity index (χ0n) is 16.4. The summed E-state index contributed by atoms with van der Waals surface area (Å²) in [5, 5.41) is 21.2. The molecular formula is C22H20ClNO5S. The number of hydrogen-bond donors (Lipinski definition) is 2. The number of aromatic hydroxyl groups is 1. The number of rotatable bonds is 6. The van der Waals surface area contributed by atoms with Gasteiger partial charge in [0, 0.05) is 0 Å². The summed E-state index contributed by atoms with van der Waals surface area (Å²) in [6.45, 7) is 4.00. The minimum atomic E-state index is -0.653. The van der Waals surface area contributed by atoms with Gasteiger partial charge in [-0.15, -0.1) is 0 Å². The summed E-state index contributed by atoms with van der Waals surface area (Å²) in [5.74, 6) is -0.806. The molecule has 0 unspecified atom stereocenters. The summed E-state index contributed by atoms with van der Waals surface area (Å²) in [7, 11) is 0. The topological polar surface area (TPSA) is 88.4 Å². The molecule has 0 saturated carbocycles. The van der Waals surface area contributed by atoms with Crippen molar-refractivity contribution in [3.8, 4) is 11.5 Å². The molecular weight excluding hydrogens is 426 g/mol. The number of phenols is 1. The van der Waals surface area contributed by atoms with Crippen LogP contribution in [0.5, 0.6) is 11.5 Å². The maximum atomic E-state index is 12.5. The van der Waals surface area contributed by atoms with Gasteiger partial charge in [0.05, 0.1) is 28.8 Å². The minimum absolute atomic E-state index is 0.00635. The van der Waals surface area contributed by atoms with E-state index in [-0.39, 0.29) is 34.5 Å². The maximum absolute atomic E-state index is 12.5. The first-order valence-corrected chi connectivity index (χ1v) is 10.4. The van der Waals surface area contributed by atoms with E-state index in [0.717, 1.165) is 11.8 Å². The first kappa shape index (κ1) is 21.8. The van der Waals surface area contributed by atoms with Crippen LogP contribution in [-0.2, 0) is 9.53 Å². The predicted molar refractivity (Wildman–Crippen MR) is 120 cm³/mol. The lowest BCUT2D eigenvalue weighted by Gasteiger charge is -2.09. The highest BCUT2D eigenvalue weighted by Crippen LogP contribution is 2.42. The summed E-state index contributed by atoms with van der Waals surface area (Å²) in [5.41, 5.74) is 1.23. The lowest BCUT2D eigenvalue weighted by molar-refractivity contribution is -0.138. The highest BCUT2D eigenvalue weighted by atomic mass is 35.5. The normalized spacial score (nSPS) is 16.4. The van der Waals surface area contributed by atoms with E-state index in [9.17, 15) is 15.0 Å². The van der Waals surface area contributed by atoms with Crippen LogP contribution in [-0.4, -0.2) is 34.4 Å². The Kier molecular flexibility index (Phi) is 7.07. The van der Waals surface area contributed by atoms with Crippen molar-refractivity contribution in [2.45, 2.75) is 13.8 Å². The SMILES string of the molecule is CCOC(=O)C1=C(O)/C(=C\c2cc(Cl)c(O)c(OCC)c2)SC1=Nc1ccccc1. The zero-order valence-corrected chi connectivity index (χ0v) is 18.0. The number of para-hydroxylation sites is 1. The predicted octanol–water partition coefficient (Wildman–Crippen LogP) is 5.64. The minimum Gasteiger partial charge on any atom is -0.506 e. The second-order valence-corrected chi connectivity index (χ2v) is 7.53. The van der Waals surface area contributed by atoms with E-state index >= 15 is 0 Å². The molecule has 0 aliphatic carbocycles. The number of phenolic OH excluding ortho intramolecular Hbond substituents is 1. The van der Waals surface area contributed by atoms with Crippen molar-refractivity contribution in [3.63, 3.8) is 0 Å². The molecule has 6 nitrogen and oxygen atoms in total. The Hall–Kier alpha value is -2.90. The van der Waals surface area contributed by atoms with Gasteiger partial charge >= 0.3 is 5.97 Å². The average Bonchev–Trinajstić information content (AvgIpc) is 3.01. The molecule has 0 spiro atoms. The van der Waals surface area contributed by atoms with Crippen molar-refractivity contribution in [2.24, 2.45) is 4.99 Å². The number of halogens is 1. The van der Waals surface area contributed by atoms with E-state index in [4.69, 9.17) is 21.1 Å². The second-order valence-electron chi connectivity index (χ2n) is 6.09. The number of carbonyl (C=O) groups is 1. The van der Waals surface area contributed by atoms with Gasteiger partial charge in [0.25, 0.3) is 0 Å². The number of aliphatic imine (C=N–C) groups is 1. The molecule has 1 aliphatic heterocycles. The van der Waals surface area contributed by atoms with Crippen LogP contribution in [0.2, 0.25) is 5.02 Å². The molecule has 0 atom stereocenters. The van der Waals surface area contributed by atoms with Crippen LogP contribution >= 0.6 is 23.4 Å². The zero-order chi connectivity index (χ0) is 21.7. The van der Waals surface area contributed by atoms with Gasteiger partial charge in [0.1, 0.15) is 16.4 Å². The molecule has 0 amide bonds. The number of hydrogen-bond acceptors (Lipinski definition) is 7. The molecule has 156 valence electrons. The van der Waals surface area contributed by atoms with Crippen LogP contribution in [0, 0.1) is 0 Å². The summed E-state index contributed by atoms with van der Waals surface area (Å²) in [6.07, 6.45) is 1.64. The number of thioether (sulfide) groups is 1. The highest BCUT2D eigenvalue weighted by Gasteiger charge is 2.33. The molecule has 0 fully saturated rings. The van der Waals surface area contributed by atoms with Crippen LogP contribution in [0.1, 0.15) is 19.4 Å². The number of ether oxygens (including phenoxy) is 2. The van der Waals surface area contributed by atoms with Gasteiger partial charge in [0.2, 0.25) is 0 Å². The molecule has 2 aromatic carbocycles. The Bertz CT molecular complexity index is 1050. The summed E-state index contributed by atoms with van der Waals surface area (Å²) in [6, 6.07) is 12.2. The Morgan fingerprint density at radius 3 is 2.57 bits per heavy atom. The molecule has 0 saturated heterocycles. The van der Waals surface area contributed by atoms with Crippen LogP contribution in [0.15, 0.2) is 63.7 Å². The van der Waals surface area contributed by atoms with E-state index < -0.39 is 5.97 Å². The fourth-order valence-corrected chi connectivity index (χ4v) is 3.96. The van der Waals surface area contributed by atoms with Crippen molar-refractivity contribution >= 4 is 46.1 Å². The van der Waals surface area contributed by atoms with Crippen molar-refractivity contribution in [1.29, 1.82) is 0 Å². The molecule has 2 N–H and O–H groups in total. The highest BCUT2D eigenvalue weighted by molar-refractivity contribution is 8.18. The fraction of sp³-hybridized carbons (Fsp3) is 0.182. The van der Waals surface area contributed by atoms with Gasteiger partial charge in [-0.3, -0.25) is 0 Å². The molecule has 2 aromatic rings. The van der Waals surface area contributed by atoms with Gasteiger partial charge in [0.15, 0.2) is 11.5 Å². The number of esters is 1. The van der Waals surface area contributed by atoms with Crippen LogP contribution < -0.4 is 4.74 Å². The van der Waals surface area contributed by atoms with Crippen LogP contribution in [0.4, 0.5) is 5.69 Å². The van der Waals surface area contributed by atoms with Gasteiger partial charge in [-0.25, -0.2) is 9.79 Å². The number of aliphatic hydroxyl groups excluding tert-OH is 1. The largest absolute Gasteiger partial charge is 0.506 e. The van der Waals surface area contributed by atoms with Crippen molar-refractivity contribution in [2.75, 3.05) is 13.2 Å². The molecule has 0 aromatic heterocycles. The Labute approximate surface area is 183 Å². The second kappa shape index (κ2) is 9.73. The number of aliphatic hydroxyl groups is 1. The van der Waals surface area contributed by atoms with Crippen molar-refractivity contribution in [1.82, 2.24) is 0 Å². The Morgan fingerprint density at radius 2 is 1.90 bits per heavy atom. The number of benzene rings is 2. The molecule has 1 heterocycles. The summed E-state index contributed by atoms with van der Waals surface area (Å²) >= 11 is 7.23. The third-order valence-electron chi connectivity index (χ3n) is 4.01. The number of carbonyl (C=O) groups excluding carboxylic acids is 1. The van der Waals surface area contributed by atoms with E-state index in [1.54, 1.807) is 38.1 Å². The van der Waals surface area contributed by atoms with Crippen molar-refractivity contribution in [3.05, 3.63) is 69.3 Å². The van der Waals surface area contributed by atoms with Gasteiger partial charge in [-0.2, -0.15) is 0 Å². The third kappa shape index (κ3) is 4.80. The van der Waals surface area contributed by atoms with E-state index in [2.05, 4.69) is 4.99 Å². The monoisotopic (exact) mass is 445 g/mol. The smallest absolute Gasteiger partial charge is 0.344 e. The molecule has 8 heteroatoms. The first-order chi connectivity index (χ1) is 14.4. The Morgan fingerprint density at radius 1 is 1.17 bits per heavy atom. The molecule has 0 bridgehead atoms. The van der Waals surface area contributed by atoms with E-state index in [1.165, 1.54) is 6.07 Å². The Balaban J connectivity index is 2.06. The van der Waals surface area contributed by atoms with Gasteiger partial charge < -0.3 is 19.7 Å². The molecule has 0 radical (unpaired) electrons. The summed E-state index contributed by atoms with van der Waals surface area (Å²) in [4.78, 5) is 17.3. The average molecular weight is 446 g/mol. The quantitative estimate of drug-likeness (QED) is 0.559. The van der Waals surface area contributed by atoms with E-state index in [0.29, 0.717) is 27.8 Å². The fourth-order valence-electron chi connectivity index (χ4n) is 2.71. The third-order valence-corrected chi connectivity index (χ3v) is 5.31. The standard InChI is InChI=1S/C22H20ClNO5S/c1-3-28-16-11-13(10-15(23)19(16)25)12-17-20(26)18(22(27)29-4-2)21(30-17)24-14-8-6-5-7-9-14/h5-12,25-26H,3-4H2,1-2H3/b17-12+,24-21?. The number of nitrogens with zero attached hydrogens (tertiary/aromatic N) is 1. The maximum Gasteiger partial charge on any atom is 0.344 e. The van der Waals surface area contributed by atoms with Gasteiger partial charge in [-0.1, -0.05) is 41.6 Å². The lowest BCUT2D eigenvalue weighted by Crippen LogP contribution is -2.12. The van der Waals surface area contributed by atoms with Crippen molar-refractivity contribution < 1.29 is 24.5 Å².